The van der Waals surface area contributed by atoms with Gasteiger partial charge in [-0.05, 0) is 22.8 Å². The minimum absolute atomic E-state index is 0.605. The van der Waals surface area contributed by atoms with Crippen molar-refractivity contribution < 1.29 is 9.30 Å². The van der Waals surface area contributed by atoms with Gasteiger partial charge < -0.3 is 4.74 Å². The molecule has 0 saturated heterocycles. The van der Waals surface area contributed by atoms with Crippen LogP contribution in [0.5, 0.6) is 5.75 Å². The van der Waals surface area contributed by atoms with Crippen LogP contribution in [0, 0.1) is 0 Å². The summed E-state index contributed by atoms with van der Waals surface area (Å²) in [4.78, 5) is 0. The van der Waals surface area contributed by atoms with Crippen molar-refractivity contribution in [3.63, 3.8) is 0 Å². The second-order valence-electron chi connectivity index (χ2n) is 5.63. The third-order valence-electron chi connectivity index (χ3n) is 4.48. The maximum atomic E-state index is 5.87. The number of aromatic nitrogens is 1. The van der Waals surface area contributed by atoms with E-state index in [1.807, 2.05) is 0 Å². The Morgan fingerprint density at radius 2 is 1.81 bits per heavy atom. The first-order valence-corrected chi connectivity index (χ1v) is 7.27. The number of benzene rings is 2. The molecule has 0 unspecified atom stereocenters. The third kappa shape index (κ3) is 1.44. The lowest BCUT2D eigenvalue weighted by Crippen LogP contribution is -2.41. The van der Waals surface area contributed by atoms with Crippen molar-refractivity contribution in [3.8, 4) is 28.1 Å². The summed E-state index contributed by atoms with van der Waals surface area (Å²) >= 11 is 0. The molecular formula is C19H14NO+. The van der Waals surface area contributed by atoms with Gasteiger partial charge in [0, 0.05) is 18.1 Å². The molecule has 0 saturated carbocycles. The summed E-state index contributed by atoms with van der Waals surface area (Å²) in [5, 5.41) is 0. The Bertz CT molecular complexity index is 868. The summed E-state index contributed by atoms with van der Waals surface area (Å²) in [6.45, 7) is 0.605. The molecule has 0 amide bonds. The van der Waals surface area contributed by atoms with Crippen molar-refractivity contribution in [2.75, 3.05) is 0 Å². The molecule has 2 heteroatoms. The second kappa shape index (κ2) is 3.95. The number of rotatable bonds is 1. The Morgan fingerprint density at radius 1 is 0.905 bits per heavy atom. The van der Waals surface area contributed by atoms with Gasteiger partial charge >= 0.3 is 0 Å². The molecular weight excluding hydrogens is 258 g/mol. The minimum atomic E-state index is 0.605. The number of ether oxygens (including phenoxy) is 1. The maximum Gasteiger partial charge on any atom is 0.292 e. The molecule has 100 valence electrons. The predicted octanol–water partition coefficient (Wildman–Crippen LogP) is 3.56. The smallest absolute Gasteiger partial charge is 0.292 e. The van der Waals surface area contributed by atoms with E-state index in [0.717, 1.165) is 12.2 Å². The maximum absolute atomic E-state index is 5.87. The molecule has 0 atom stereocenters. The van der Waals surface area contributed by atoms with Crippen LogP contribution in [-0.4, -0.2) is 0 Å². The van der Waals surface area contributed by atoms with Crippen molar-refractivity contribution in [2.45, 2.75) is 13.2 Å². The molecule has 2 aromatic carbocycles. The topological polar surface area (TPSA) is 13.1 Å². The first kappa shape index (κ1) is 11.1. The molecule has 0 spiro atoms. The zero-order valence-corrected chi connectivity index (χ0v) is 11.5. The van der Waals surface area contributed by atoms with Crippen LogP contribution in [0.15, 0.2) is 60.8 Å². The minimum Gasteiger partial charge on any atom is -0.435 e. The first-order chi connectivity index (χ1) is 10.4. The molecule has 0 fully saturated rings. The quantitative estimate of drug-likeness (QED) is 0.483. The monoisotopic (exact) mass is 272 g/mol. The largest absolute Gasteiger partial charge is 0.435 e. The van der Waals surface area contributed by atoms with E-state index in [0.29, 0.717) is 6.73 Å². The molecule has 2 nitrogen and oxygen atoms in total. The fourth-order valence-corrected chi connectivity index (χ4v) is 3.55. The highest BCUT2D eigenvalue weighted by Gasteiger charge is 2.36. The van der Waals surface area contributed by atoms with Gasteiger partial charge in [0.25, 0.3) is 6.73 Å². The summed E-state index contributed by atoms with van der Waals surface area (Å²) in [5.41, 5.74) is 8.06. The van der Waals surface area contributed by atoms with Crippen LogP contribution in [0.2, 0.25) is 0 Å². The molecule has 3 aromatic rings. The fourth-order valence-electron chi connectivity index (χ4n) is 3.55. The molecule has 2 heterocycles. The van der Waals surface area contributed by atoms with Gasteiger partial charge in [-0.3, -0.25) is 0 Å². The van der Waals surface area contributed by atoms with Crippen LogP contribution in [0.3, 0.4) is 0 Å². The van der Waals surface area contributed by atoms with Crippen LogP contribution in [-0.2, 0) is 13.2 Å². The van der Waals surface area contributed by atoms with Crippen molar-refractivity contribution in [3.05, 3.63) is 71.9 Å². The predicted molar refractivity (Wildman–Crippen MR) is 80.9 cm³/mol. The van der Waals surface area contributed by atoms with E-state index >= 15 is 0 Å². The Labute approximate surface area is 123 Å². The summed E-state index contributed by atoms with van der Waals surface area (Å²) in [7, 11) is 0. The van der Waals surface area contributed by atoms with Crippen LogP contribution in [0.1, 0.15) is 11.1 Å². The van der Waals surface area contributed by atoms with Gasteiger partial charge in [0.1, 0.15) is 5.75 Å². The van der Waals surface area contributed by atoms with Crippen molar-refractivity contribution in [2.24, 2.45) is 0 Å². The third-order valence-corrected chi connectivity index (χ3v) is 4.48. The van der Waals surface area contributed by atoms with Crippen molar-refractivity contribution >= 4 is 0 Å². The molecule has 2 aliphatic rings. The van der Waals surface area contributed by atoms with Crippen molar-refractivity contribution in [1.29, 1.82) is 0 Å². The van der Waals surface area contributed by atoms with Crippen LogP contribution >= 0.6 is 0 Å². The van der Waals surface area contributed by atoms with E-state index < -0.39 is 0 Å². The van der Waals surface area contributed by atoms with Gasteiger partial charge in [-0.1, -0.05) is 42.5 Å². The lowest BCUT2D eigenvalue weighted by atomic mass is 9.99. The summed E-state index contributed by atoms with van der Waals surface area (Å²) in [5.74, 6) is 1.02. The number of hydrogen-bond acceptors (Lipinski definition) is 1. The van der Waals surface area contributed by atoms with Crippen LogP contribution < -0.4 is 9.30 Å². The highest BCUT2D eigenvalue weighted by molar-refractivity contribution is 5.83. The highest BCUT2D eigenvalue weighted by atomic mass is 16.5. The van der Waals surface area contributed by atoms with Gasteiger partial charge in [-0.2, -0.15) is 4.57 Å². The molecule has 21 heavy (non-hydrogen) atoms. The SMILES string of the molecule is c1ccc(-c2cc[n+]3c4c2Cc2cccc(c2-4)OC3)cc1. The molecule has 1 aliphatic carbocycles. The first-order valence-electron chi connectivity index (χ1n) is 7.27. The summed E-state index contributed by atoms with van der Waals surface area (Å²) in [6.07, 6.45) is 3.14. The average molecular weight is 272 g/mol. The Morgan fingerprint density at radius 3 is 2.71 bits per heavy atom. The van der Waals surface area contributed by atoms with E-state index in [2.05, 4.69) is 65.4 Å². The Kier molecular flexibility index (Phi) is 2.09. The van der Waals surface area contributed by atoms with Gasteiger partial charge in [0.05, 0.1) is 5.56 Å². The molecule has 0 bridgehead atoms. The van der Waals surface area contributed by atoms with Gasteiger partial charge in [0.15, 0.2) is 6.20 Å². The average Bonchev–Trinajstić information content (AvgIpc) is 2.94. The lowest BCUT2D eigenvalue weighted by molar-refractivity contribution is -0.717. The van der Waals surface area contributed by atoms with E-state index in [-0.39, 0.29) is 0 Å². The van der Waals surface area contributed by atoms with Gasteiger partial charge in [0.2, 0.25) is 5.69 Å². The van der Waals surface area contributed by atoms with Gasteiger partial charge in [-0.25, -0.2) is 0 Å². The fraction of sp³-hybridized carbons (Fsp3) is 0.105. The zero-order chi connectivity index (χ0) is 13.8. The lowest BCUT2D eigenvalue weighted by Gasteiger charge is -2.15. The van der Waals surface area contributed by atoms with Crippen LogP contribution in [0.25, 0.3) is 22.4 Å². The molecule has 1 aromatic heterocycles. The van der Waals surface area contributed by atoms with E-state index in [9.17, 15) is 0 Å². The highest BCUT2D eigenvalue weighted by Crippen LogP contribution is 2.45. The summed E-state index contributed by atoms with van der Waals surface area (Å²) < 4.78 is 8.10. The Balaban J connectivity index is 1.83. The number of hydrogen-bond donors (Lipinski definition) is 0. The normalized spacial score (nSPS) is 13.7. The molecule has 0 radical (unpaired) electrons. The number of nitrogens with zero attached hydrogens (tertiary/aromatic N) is 1. The zero-order valence-electron chi connectivity index (χ0n) is 11.5. The van der Waals surface area contributed by atoms with Gasteiger partial charge in [-0.15, -0.1) is 0 Å². The van der Waals surface area contributed by atoms with Crippen molar-refractivity contribution in [1.82, 2.24) is 0 Å². The van der Waals surface area contributed by atoms with Crippen LogP contribution in [0.4, 0.5) is 0 Å². The molecule has 5 rings (SSSR count). The standard InChI is InChI=1S/C19H14NO/c1-2-5-13(6-3-1)15-9-10-20-12-21-17-8-4-7-14-11-16(15)19(20)18(14)17/h1-10H,11-12H2/q+1. The van der Waals surface area contributed by atoms with E-state index in [4.69, 9.17) is 4.74 Å². The molecule has 1 aliphatic heterocycles. The number of pyridine rings is 1. The molecule has 0 N–H and O–H groups in total. The summed E-state index contributed by atoms with van der Waals surface area (Å²) in [6, 6.07) is 19.2. The second-order valence-corrected chi connectivity index (χ2v) is 5.63. The Hall–Kier alpha value is -2.61. The van der Waals surface area contributed by atoms with E-state index in [1.165, 1.54) is 33.5 Å². The van der Waals surface area contributed by atoms with E-state index in [1.54, 1.807) is 0 Å².